The summed E-state index contributed by atoms with van der Waals surface area (Å²) in [6.07, 6.45) is 14.9. The summed E-state index contributed by atoms with van der Waals surface area (Å²) < 4.78 is 12.3. The summed E-state index contributed by atoms with van der Waals surface area (Å²) in [5, 5.41) is 10.4. The van der Waals surface area contributed by atoms with Gasteiger partial charge < -0.3 is 24.4 Å². The Kier molecular flexibility index (Phi) is 7.27. The van der Waals surface area contributed by atoms with Crippen LogP contribution in [-0.4, -0.2) is 82.3 Å². The standard InChI is InChI=1S/C28H40N2O6/c1-18(2)20(17-31)30-24-26(33)29(19-11-6-5-7-12-19)15-10-14-28(24)23(25(30)32)22-21(36-28)13-8-3-4-9-16-35-27(22)34/h8,10,13-14,18-24,31H,3-7,9,11-12,15-17H2,1-2H3/b13-8-/t20-,21+,22-,23-,24?,28-/m0/s1. The molecule has 2 amide bonds. The second-order valence-corrected chi connectivity index (χ2v) is 11.4. The number of hydrogen-bond acceptors (Lipinski definition) is 6. The van der Waals surface area contributed by atoms with Crippen LogP contribution in [0.3, 0.4) is 0 Å². The second kappa shape index (κ2) is 10.3. The van der Waals surface area contributed by atoms with E-state index in [1.165, 1.54) is 6.42 Å². The molecule has 4 aliphatic heterocycles. The number of carbonyl (C=O) groups excluding carboxylic acids is 3. The highest BCUT2D eigenvalue weighted by Gasteiger charge is 2.72. The molecule has 0 aromatic carbocycles. The molecule has 0 aromatic rings. The van der Waals surface area contributed by atoms with Gasteiger partial charge in [0.1, 0.15) is 17.6 Å². The molecule has 1 saturated carbocycles. The fourth-order valence-corrected chi connectivity index (χ4v) is 7.07. The molecule has 1 aliphatic carbocycles. The molecule has 0 bridgehead atoms. The van der Waals surface area contributed by atoms with E-state index in [1.54, 1.807) is 4.90 Å². The number of fused-ring (bicyclic) bond motifs is 2. The summed E-state index contributed by atoms with van der Waals surface area (Å²) in [6, 6.07) is -1.35. The van der Waals surface area contributed by atoms with Crippen molar-refractivity contribution in [2.24, 2.45) is 17.8 Å². The third-order valence-electron chi connectivity index (χ3n) is 8.90. The van der Waals surface area contributed by atoms with Gasteiger partial charge in [-0.05, 0) is 38.0 Å². The Morgan fingerprint density at radius 3 is 2.56 bits per heavy atom. The van der Waals surface area contributed by atoms with Gasteiger partial charge in [-0.15, -0.1) is 0 Å². The molecule has 8 heteroatoms. The fraction of sp³-hybridized carbons (Fsp3) is 0.750. The van der Waals surface area contributed by atoms with Gasteiger partial charge in [0.15, 0.2) is 0 Å². The molecule has 1 N–H and O–H groups in total. The van der Waals surface area contributed by atoms with E-state index < -0.39 is 41.6 Å². The molecule has 0 aromatic heterocycles. The lowest BCUT2D eigenvalue weighted by atomic mass is 9.77. The van der Waals surface area contributed by atoms with Gasteiger partial charge in [0.25, 0.3) is 0 Å². The molecule has 0 radical (unpaired) electrons. The molecule has 5 aliphatic rings. The normalized spacial score (nSPS) is 37.3. The lowest BCUT2D eigenvalue weighted by Crippen LogP contribution is -2.60. The molecule has 2 saturated heterocycles. The first-order valence-electron chi connectivity index (χ1n) is 13.8. The number of amides is 2. The molecular formula is C28H40N2O6. The highest BCUT2D eigenvalue weighted by molar-refractivity contribution is 5.99. The van der Waals surface area contributed by atoms with Crippen LogP contribution in [0.4, 0.5) is 0 Å². The highest BCUT2D eigenvalue weighted by Crippen LogP contribution is 2.54. The lowest BCUT2D eigenvalue weighted by Gasteiger charge is -2.42. The smallest absolute Gasteiger partial charge is 0.312 e. The maximum Gasteiger partial charge on any atom is 0.312 e. The van der Waals surface area contributed by atoms with Crippen molar-refractivity contribution in [2.45, 2.75) is 95.0 Å². The molecule has 1 spiro atoms. The van der Waals surface area contributed by atoms with Crippen molar-refractivity contribution in [3.63, 3.8) is 0 Å². The number of allylic oxidation sites excluding steroid dienone is 1. The van der Waals surface area contributed by atoms with Crippen LogP contribution in [0.15, 0.2) is 24.3 Å². The molecule has 8 nitrogen and oxygen atoms in total. The molecular weight excluding hydrogens is 460 g/mol. The Labute approximate surface area is 213 Å². The predicted molar refractivity (Wildman–Crippen MR) is 133 cm³/mol. The van der Waals surface area contributed by atoms with E-state index in [0.29, 0.717) is 13.2 Å². The molecule has 6 atom stereocenters. The first-order chi connectivity index (χ1) is 17.4. The Morgan fingerprint density at radius 2 is 1.83 bits per heavy atom. The van der Waals surface area contributed by atoms with Crippen LogP contribution in [-0.2, 0) is 23.9 Å². The average molecular weight is 501 g/mol. The average Bonchev–Trinajstić information content (AvgIpc) is 3.25. The minimum absolute atomic E-state index is 0.0790. The third-order valence-corrected chi connectivity index (χ3v) is 8.90. The number of aliphatic hydroxyl groups is 1. The van der Waals surface area contributed by atoms with Gasteiger partial charge >= 0.3 is 5.97 Å². The van der Waals surface area contributed by atoms with Gasteiger partial charge in [-0.25, -0.2) is 0 Å². The van der Waals surface area contributed by atoms with E-state index in [1.807, 2.05) is 43.1 Å². The predicted octanol–water partition coefficient (Wildman–Crippen LogP) is 2.60. The maximum atomic E-state index is 14.4. The SMILES string of the molecule is CC(C)[C@H](CO)N1C(=O)[C@@H]2[C@H]3C(=O)OCCCC/C=C\[C@H]3O[C@@]23C=CCN(C2CCCCC2)C(=O)C13. The van der Waals surface area contributed by atoms with Gasteiger partial charge in [-0.2, -0.15) is 0 Å². The van der Waals surface area contributed by atoms with E-state index in [0.717, 1.165) is 44.9 Å². The van der Waals surface area contributed by atoms with E-state index >= 15 is 0 Å². The van der Waals surface area contributed by atoms with Gasteiger partial charge in [0, 0.05) is 12.6 Å². The Morgan fingerprint density at radius 1 is 1.06 bits per heavy atom. The number of rotatable bonds is 4. The van der Waals surface area contributed by atoms with Crippen LogP contribution in [0.25, 0.3) is 0 Å². The summed E-state index contributed by atoms with van der Waals surface area (Å²) in [5.41, 5.74) is -1.27. The maximum absolute atomic E-state index is 14.4. The molecule has 1 unspecified atom stereocenters. The van der Waals surface area contributed by atoms with Crippen molar-refractivity contribution in [1.82, 2.24) is 9.80 Å². The summed E-state index contributed by atoms with van der Waals surface area (Å²) in [5.74, 6) is -2.66. The number of esters is 1. The lowest BCUT2D eigenvalue weighted by molar-refractivity contribution is -0.157. The number of aliphatic hydroxyl groups excluding tert-OH is 1. The van der Waals surface area contributed by atoms with Crippen LogP contribution < -0.4 is 0 Å². The van der Waals surface area contributed by atoms with Crippen LogP contribution in [0.5, 0.6) is 0 Å². The van der Waals surface area contributed by atoms with Crippen LogP contribution in [0.2, 0.25) is 0 Å². The Hall–Kier alpha value is -2.19. The van der Waals surface area contributed by atoms with Crippen LogP contribution in [0.1, 0.15) is 65.2 Å². The second-order valence-electron chi connectivity index (χ2n) is 11.4. The Balaban J connectivity index is 1.61. The minimum atomic E-state index is -1.27. The van der Waals surface area contributed by atoms with Crippen molar-refractivity contribution in [1.29, 1.82) is 0 Å². The quantitative estimate of drug-likeness (QED) is 0.471. The first-order valence-corrected chi connectivity index (χ1v) is 13.8. The molecule has 36 heavy (non-hydrogen) atoms. The molecule has 198 valence electrons. The number of likely N-dealkylation sites (tertiary alicyclic amines) is 1. The largest absolute Gasteiger partial charge is 0.465 e. The van der Waals surface area contributed by atoms with Crippen molar-refractivity contribution < 1.29 is 29.0 Å². The monoisotopic (exact) mass is 500 g/mol. The topological polar surface area (TPSA) is 96.4 Å². The summed E-state index contributed by atoms with van der Waals surface area (Å²) in [6.45, 7) is 4.39. The summed E-state index contributed by atoms with van der Waals surface area (Å²) >= 11 is 0. The number of cyclic esters (lactones) is 1. The van der Waals surface area contributed by atoms with E-state index in [-0.39, 0.29) is 30.4 Å². The van der Waals surface area contributed by atoms with Gasteiger partial charge in [-0.3, -0.25) is 14.4 Å². The number of ether oxygens (including phenoxy) is 2. The zero-order valence-electron chi connectivity index (χ0n) is 21.5. The van der Waals surface area contributed by atoms with Crippen LogP contribution >= 0.6 is 0 Å². The highest BCUT2D eigenvalue weighted by atomic mass is 16.6. The number of nitrogens with zero attached hydrogens (tertiary/aromatic N) is 2. The van der Waals surface area contributed by atoms with E-state index in [2.05, 4.69) is 0 Å². The van der Waals surface area contributed by atoms with Crippen molar-refractivity contribution in [3.8, 4) is 0 Å². The molecule has 3 fully saturated rings. The van der Waals surface area contributed by atoms with Crippen molar-refractivity contribution in [2.75, 3.05) is 19.8 Å². The van der Waals surface area contributed by atoms with Crippen LogP contribution in [0, 0.1) is 17.8 Å². The van der Waals surface area contributed by atoms with Crippen molar-refractivity contribution in [3.05, 3.63) is 24.3 Å². The fourth-order valence-electron chi connectivity index (χ4n) is 7.07. The van der Waals surface area contributed by atoms with E-state index in [9.17, 15) is 19.5 Å². The zero-order chi connectivity index (χ0) is 25.4. The number of carbonyl (C=O) groups is 3. The summed E-state index contributed by atoms with van der Waals surface area (Å²) in [7, 11) is 0. The summed E-state index contributed by atoms with van der Waals surface area (Å²) in [4.78, 5) is 45.5. The first kappa shape index (κ1) is 25.5. The van der Waals surface area contributed by atoms with Gasteiger partial charge in [0.2, 0.25) is 11.8 Å². The molecule has 5 rings (SSSR count). The zero-order valence-corrected chi connectivity index (χ0v) is 21.5. The third kappa shape index (κ3) is 4.10. The number of hydrogen-bond donors (Lipinski definition) is 1. The van der Waals surface area contributed by atoms with E-state index in [4.69, 9.17) is 9.47 Å². The molecule has 4 heterocycles. The van der Waals surface area contributed by atoms with Gasteiger partial charge in [0.05, 0.1) is 31.3 Å². The van der Waals surface area contributed by atoms with Crippen molar-refractivity contribution >= 4 is 17.8 Å². The van der Waals surface area contributed by atoms with Gasteiger partial charge in [-0.1, -0.05) is 57.4 Å². The minimum Gasteiger partial charge on any atom is -0.465 e. The Bertz CT molecular complexity index is 925.